The predicted octanol–water partition coefficient (Wildman–Crippen LogP) is -1.44. The minimum atomic E-state index is -0.303. The summed E-state index contributed by atoms with van der Waals surface area (Å²) in [6.07, 6.45) is 4.09. The van der Waals surface area contributed by atoms with Crippen molar-refractivity contribution in [2.24, 2.45) is 5.92 Å². The van der Waals surface area contributed by atoms with E-state index >= 15 is 0 Å². The molecule has 0 bridgehead atoms. The van der Waals surface area contributed by atoms with Crippen LogP contribution in [0.15, 0.2) is 12.5 Å². The Bertz CT molecular complexity index is 761. The van der Waals surface area contributed by atoms with Crippen molar-refractivity contribution in [1.82, 2.24) is 46.7 Å². The summed E-state index contributed by atoms with van der Waals surface area (Å²) in [5.74, 6) is -0.332. The highest BCUT2D eigenvalue weighted by Crippen LogP contribution is 2.21. The van der Waals surface area contributed by atoms with E-state index in [1.807, 2.05) is 13.1 Å². The molecule has 4 heterocycles. The molecular weight excluding hydrogens is 322 g/mol. The van der Waals surface area contributed by atoms with Crippen molar-refractivity contribution in [3.05, 3.63) is 34.9 Å². The van der Waals surface area contributed by atoms with Crippen molar-refractivity contribution >= 4 is 5.91 Å². The highest BCUT2D eigenvalue weighted by molar-refractivity contribution is 5.79. The minimum Gasteiger partial charge on any atom is -0.352 e. The summed E-state index contributed by atoms with van der Waals surface area (Å²) in [6, 6.07) is 0. The molecule has 0 aliphatic carbocycles. The smallest absolute Gasteiger partial charge is 0.228 e. The first-order valence-corrected chi connectivity index (χ1v) is 8.39. The molecule has 0 radical (unpaired) electrons. The lowest BCUT2D eigenvalue weighted by atomic mass is 9.95. The summed E-state index contributed by atoms with van der Waals surface area (Å²) in [4.78, 5) is 17.2. The van der Waals surface area contributed by atoms with Crippen LogP contribution in [0.3, 0.4) is 0 Å². The topological polar surface area (TPSA) is 122 Å². The van der Waals surface area contributed by atoms with Gasteiger partial charge in [-0.3, -0.25) is 15.2 Å². The van der Waals surface area contributed by atoms with Crippen LogP contribution in [0.2, 0.25) is 0 Å². The van der Waals surface area contributed by atoms with Crippen molar-refractivity contribution < 1.29 is 4.79 Å². The Morgan fingerprint density at radius 1 is 1.48 bits per heavy atom. The molecule has 1 saturated heterocycles. The Kier molecular flexibility index (Phi) is 4.38. The van der Waals surface area contributed by atoms with Gasteiger partial charge in [0.1, 0.15) is 12.5 Å². The number of pyridine rings is 1. The third-order valence-electron chi connectivity index (χ3n) is 4.85. The number of nitrogens with zero attached hydrogens (tertiary/aromatic N) is 5. The van der Waals surface area contributed by atoms with Crippen molar-refractivity contribution in [3.63, 3.8) is 0 Å². The van der Waals surface area contributed by atoms with E-state index in [4.69, 9.17) is 0 Å². The van der Waals surface area contributed by atoms with Crippen LogP contribution in [0.4, 0.5) is 0 Å². The predicted molar refractivity (Wildman–Crippen MR) is 87.7 cm³/mol. The minimum absolute atomic E-state index is 0.0380. The summed E-state index contributed by atoms with van der Waals surface area (Å²) in [7, 11) is 0. The number of aromatic nitrogens is 5. The molecule has 1 fully saturated rings. The van der Waals surface area contributed by atoms with Gasteiger partial charge in [-0.15, -0.1) is 5.10 Å². The number of aryl methyl sites for hydroxylation is 1. The molecule has 2 atom stereocenters. The molecular formula is C15H21N9O. The van der Waals surface area contributed by atoms with Gasteiger partial charge in [0, 0.05) is 31.5 Å². The fourth-order valence-electron chi connectivity index (χ4n) is 3.45. The van der Waals surface area contributed by atoms with Gasteiger partial charge in [0.05, 0.1) is 5.92 Å². The molecule has 2 aromatic rings. The third kappa shape index (κ3) is 3.11. The van der Waals surface area contributed by atoms with Gasteiger partial charge in [0.15, 0.2) is 0 Å². The number of fused-ring (bicyclic) bond motifs is 1. The van der Waals surface area contributed by atoms with E-state index in [1.165, 1.54) is 17.5 Å². The molecule has 4 rings (SSSR count). The van der Waals surface area contributed by atoms with Gasteiger partial charge in [0.2, 0.25) is 5.91 Å². The SMILES string of the molecule is Cc1ncc2c(c1CNC(=O)C1CNNC1n1cnnn1)CCNC2. The zero-order valence-corrected chi connectivity index (χ0v) is 14.0. The Morgan fingerprint density at radius 2 is 2.40 bits per heavy atom. The van der Waals surface area contributed by atoms with Crippen molar-refractivity contribution in [2.75, 3.05) is 13.1 Å². The molecule has 2 aliphatic rings. The zero-order chi connectivity index (χ0) is 17.2. The highest BCUT2D eigenvalue weighted by Gasteiger charge is 2.35. The van der Waals surface area contributed by atoms with Crippen LogP contribution < -0.4 is 21.5 Å². The molecule has 10 nitrogen and oxygen atoms in total. The molecule has 1 amide bonds. The normalized spacial score (nSPS) is 22.6. The Hall–Kier alpha value is -2.43. The average molecular weight is 343 g/mol. The van der Waals surface area contributed by atoms with Crippen molar-refractivity contribution in [1.29, 1.82) is 0 Å². The maximum Gasteiger partial charge on any atom is 0.228 e. The molecule has 2 aromatic heterocycles. The molecule has 0 saturated carbocycles. The molecule has 2 unspecified atom stereocenters. The second kappa shape index (κ2) is 6.82. The zero-order valence-electron chi connectivity index (χ0n) is 14.0. The van der Waals surface area contributed by atoms with Gasteiger partial charge in [-0.2, -0.15) is 0 Å². The first-order chi connectivity index (χ1) is 12.2. The van der Waals surface area contributed by atoms with Gasteiger partial charge in [-0.25, -0.2) is 10.1 Å². The van der Waals surface area contributed by atoms with E-state index in [2.05, 4.69) is 42.0 Å². The van der Waals surface area contributed by atoms with Gasteiger partial charge >= 0.3 is 0 Å². The summed E-state index contributed by atoms with van der Waals surface area (Å²) in [6.45, 7) is 4.78. The number of tetrazole rings is 1. The van der Waals surface area contributed by atoms with E-state index in [9.17, 15) is 4.79 Å². The van der Waals surface area contributed by atoms with Crippen LogP contribution in [0.25, 0.3) is 0 Å². The van der Waals surface area contributed by atoms with Crippen LogP contribution >= 0.6 is 0 Å². The number of carbonyl (C=O) groups is 1. The van der Waals surface area contributed by atoms with Crippen molar-refractivity contribution in [2.45, 2.75) is 32.6 Å². The van der Waals surface area contributed by atoms with Gasteiger partial charge < -0.3 is 10.6 Å². The second-order valence-corrected chi connectivity index (χ2v) is 6.34. The van der Waals surface area contributed by atoms with Gasteiger partial charge in [-0.1, -0.05) is 0 Å². The molecule has 0 aromatic carbocycles. The highest BCUT2D eigenvalue weighted by atomic mass is 16.2. The van der Waals surface area contributed by atoms with Crippen molar-refractivity contribution in [3.8, 4) is 0 Å². The molecule has 4 N–H and O–H groups in total. The van der Waals surface area contributed by atoms with E-state index in [1.54, 1.807) is 4.68 Å². The Balaban J connectivity index is 1.47. The second-order valence-electron chi connectivity index (χ2n) is 6.34. The number of amides is 1. The van der Waals surface area contributed by atoms with E-state index in [0.29, 0.717) is 13.1 Å². The molecule has 25 heavy (non-hydrogen) atoms. The quantitative estimate of drug-likeness (QED) is 0.533. The van der Waals surface area contributed by atoms with E-state index in [-0.39, 0.29) is 18.0 Å². The summed E-state index contributed by atoms with van der Waals surface area (Å²) in [5, 5.41) is 17.6. The lowest BCUT2D eigenvalue weighted by Gasteiger charge is -2.22. The standard InChI is InChI=1S/C15H21N9O/c1-9-12(11-2-3-16-4-10(11)5-17-9)6-18-15(25)13-7-19-21-14(13)24-8-20-22-23-24/h5,8,13-14,16,19,21H,2-4,6-7H2,1H3,(H,18,25). The lowest BCUT2D eigenvalue weighted by Crippen LogP contribution is -2.38. The third-order valence-corrected chi connectivity index (χ3v) is 4.85. The Labute approximate surface area is 144 Å². The monoisotopic (exact) mass is 343 g/mol. The fraction of sp³-hybridized carbons (Fsp3) is 0.533. The summed E-state index contributed by atoms with van der Waals surface area (Å²) >= 11 is 0. The van der Waals surface area contributed by atoms with E-state index < -0.39 is 0 Å². The first kappa shape index (κ1) is 16.1. The first-order valence-electron chi connectivity index (χ1n) is 8.39. The maximum absolute atomic E-state index is 12.7. The average Bonchev–Trinajstić information content (AvgIpc) is 3.31. The molecule has 0 spiro atoms. The largest absolute Gasteiger partial charge is 0.352 e. The Morgan fingerprint density at radius 3 is 3.24 bits per heavy atom. The number of hydrazine groups is 1. The van der Waals surface area contributed by atoms with Crippen LogP contribution in [0, 0.1) is 12.8 Å². The van der Waals surface area contributed by atoms with Gasteiger partial charge in [-0.05, 0) is 47.0 Å². The molecule has 2 aliphatic heterocycles. The van der Waals surface area contributed by atoms with E-state index in [0.717, 1.165) is 30.8 Å². The maximum atomic E-state index is 12.7. The number of rotatable bonds is 4. The molecule has 10 heteroatoms. The summed E-state index contributed by atoms with van der Waals surface area (Å²) < 4.78 is 1.55. The van der Waals surface area contributed by atoms with Crippen LogP contribution in [0.1, 0.15) is 28.6 Å². The number of hydrogen-bond acceptors (Lipinski definition) is 8. The van der Waals surface area contributed by atoms with Gasteiger partial charge in [0.25, 0.3) is 0 Å². The van der Waals surface area contributed by atoms with Crippen LogP contribution in [0.5, 0.6) is 0 Å². The lowest BCUT2D eigenvalue weighted by molar-refractivity contribution is -0.125. The summed E-state index contributed by atoms with van der Waals surface area (Å²) in [5.41, 5.74) is 10.7. The van der Waals surface area contributed by atoms with Crippen LogP contribution in [-0.4, -0.2) is 44.2 Å². The molecule has 132 valence electrons. The number of nitrogens with one attached hydrogen (secondary N) is 4. The van der Waals surface area contributed by atoms with Crippen LogP contribution in [-0.2, 0) is 24.3 Å². The number of hydrogen-bond donors (Lipinski definition) is 4. The number of carbonyl (C=O) groups excluding carboxylic acids is 1. The fourth-order valence-corrected chi connectivity index (χ4v) is 3.45.